The average molecular weight is 341 g/mol. The number of benzene rings is 1. The van der Waals surface area contributed by atoms with Crippen molar-refractivity contribution in [3.05, 3.63) is 23.8 Å². The van der Waals surface area contributed by atoms with Gasteiger partial charge in [0.1, 0.15) is 0 Å². The molecule has 0 bridgehead atoms. The molecule has 1 aromatic rings. The summed E-state index contributed by atoms with van der Waals surface area (Å²) in [6.45, 7) is 4.01. The third-order valence-corrected chi connectivity index (χ3v) is 3.67. The van der Waals surface area contributed by atoms with E-state index in [1.54, 1.807) is 4.90 Å². The van der Waals surface area contributed by atoms with Crippen LogP contribution in [0.3, 0.4) is 0 Å². The lowest BCUT2D eigenvalue weighted by Crippen LogP contribution is -2.38. The molecule has 128 valence electrons. The fourth-order valence-corrected chi connectivity index (χ4v) is 2.56. The molecule has 1 heterocycles. The smallest absolute Gasteiger partial charge is 0.321 e. The van der Waals surface area contributed by atoms with Crippen LogP contribution in [-0.4, -0.2) is 38.6 Å². The Bertz CT molecular complexity index is 551. The summed E-state index contributed by atoms with van der Waals surface area (Å²) in [5.41, 5.74) is 2.77. The second-order valence-electron chi connectivity index (χ2n) is 5.34. The summed E-state index contributed by atoms with van der Waals surface area (Å²) >= 11 is 0. The van der Waals surface area contributed by atoms with Crippen LogP contribution in [0.1, 0.15) is 25.3 Å². The van der Waals surface area contributed by atoms with Crippen LogP contribution in [0.25, 0.3) is 0 Å². The molecule has 0 spiro atoms. The van der Waals surface area contributed by atoms with Gasteiger partial charge in [-0.2, -0.15) is 0 Å². The van der Waals surface area contributed by atoms with Gasteiger partial charge in [0.05, 0.1) is 5.69 Å². The SMILES string of the molecule is CCNC(=O)N1CCc2ccc(NC(=O)CCCNC)cc21.Cl. The van der Waals surface area contributed by atoms with Crippen LogP contribution in [-0.2, 0) is 11.2 Å². The number of carbonyl (C=O) groups is 2. The molecular weight excluding hydrogens is 316 g/mol. The summed E-state index contributed by atoms with van der Waals surface area (Å²) in [5.74, 6) is -0.00208. The molecule has 0 fully saturated rings. The molecule has 0 atom stereocenters. The summed E-state index contributed by atoms with van der Waals surface area (Å²) in [6, 6.07) is 5.68. The first-order chi connectivity index (χ1) is 10.7. The Balaban J connectivity index is 0.00000264. The van der Waals surface area contributed by atoms with Gasteiger partial charge in [-0.25, -0.2) is 4.79 Å². The van der Waals surface area contributed by atoms with E-state index in [0.717, 1.165) is 36.3 Å². The lowest BCUT2D eigenvalue weighted by Gasteiger charge is -2.18. The van der Waals surface area contributed by atoms with E-state index < -0.39 is 0 Å². The first-order valence-electron chi connectivity index (χ1n) is 7.78. The zero-order chi connectivity index (χ0) is 15.9. The minimum Gasteiger partial charge on any atom is -0.338 e. The highest BCUT2D eigenvalue weighted by molar-refractivity contribution is 5.96. The molecule has 7 heteroatoms. The second kappa shape index (κ2) is 9.37. The molecule has 0 saturated carbocycles. The fourth-order valence-electron chi connectivity index (χ4n) is 2.56. The number of urea groups is 1. The summed E-state index contributed by atoms with van der Waals surface area (Å²) in [4.78, 5) is 25.6. The number of hydrogen-bond donors (Lipinski definition) is 3. The molecule has 1 aliphatic heterocycles. The van der Waals surface area contributed by atoms with E-state index in [2.05, 4.69) is 16.0 Å². The van der Waals surface area contributed by atoms with Gasteiger partial charge in [-0.15, -0.1) is 12.4 Å². The quantitative estimate of drug-likeness (QED) is 0.695. The monoisotopic (exact) mass is 340 g/mol. The molecule has 0 aromatic heterocycles. The van der Waals surface area contributed by atoms with Gasteiger partial charge in [0.25, 0.3) is 0 Å². The van der Waals surface area contributed by atoms with Crippen LogP contribution in [0.4, 0.5) is 16.2 Å². The fraction of sp³-hybridized carbons (Fsp3) is 0.500. The van der Waals surface area contributed by atoms with Crippen LogP contribution in [0.2, 0.25) is 0 Å². The Morgan fingerprint density at radius 1 is 1.30 bits per heavy atom. The van der Waals surface area contributed by atoms with E-state index in [1.165, 1.54) is 0 Å². The van der Waals surface area contributed by atoms with E-state index in [1.807, 2.05) is 32.2 Å². The molecule has 1 aromatic carbocycles. The molecule has 0 radical (unpaired) electrons. The topological polar surface area (TPSA) is 73.5 Å². The maximum Gasteiger partial charge on any atom is 0.321 e. The minimum absolute atomic E-state index is 0. The summed E-state index contributed by atoms with van der Waals surface area (Å²) in [7, 11) is 1.87. The van der Waals surface area contributed by atoms with Gasteiger partial charge in [0, 0.05) is 25.2 Å². The number of rotatable bonds is 6. The highest BCUT2D eigenvalue weighted by Crippen LogP contribution is 2.30. The second-order valence-corrected chi connectivity index (χ2v) is 5.34. The predicted octanol–water partition coefficient (Wildman–Crippen LogP) is 2.14. The van der Waals surface area contributed by atoms with Crippen molar-refractivity contribution < 1.29 is 9.59 Å². The number of anilines is 2. The van der Waals surface area contributed by atoms with Gasteiger partial charge >= 0.3 is 6.03 Å². The number of carbonyl (C=O) groups excluding carboxylic acids is 2. The molecule has 0 unspecified atom stereocenters. The van der Waals surface area contributed by atoms with E-state index in [-0.39, 0.29) is 24.3 Å². The molecule has 2 rings (SSSR count). The van der Waals surface area contributed by atoms with Crippen LogP contribution in [0.5, 0.6) is 0 Å². The van der Waals surface area contributed by atoms with E-state index in [9.17, 15) is 9.59 Å². The maximum atomic E-state index is 12.0. The third-order valence-electron chi connectivity index (χ3n) is 3.67. The summed E-state index contributed by atoms with van der Waals surface area (Å²) in [5, 5.41) is 8.73. The van der Waals surface area contributed by atoms with Gasteiger partial charge in [0.2, 0.25) is 5.91 Å². The highest BCUT2D eigenvalue weighted by atomic mass is 35.5. The third kappa shape index (κ3) is 5.11. The maximum absolute atomic E-state index is 12.0. The lowest BCUT2D eigenvalue weighted by molar-refractivity contribution is -0.116. The minimum atomic E-state index is -0.0845. The number of nitrogens with zero attached hydrogens (tertiary/aromatic N) is 1. The number of fused-ring (bicyclic) bond motifs is 1. The zero-order valence-corrected chi connectivity index (χ0v) is 14.5. The van der Waals surface area contributed by atoms with Gasteiger partial charge in [-0.3, -0.25) is 9.69 Å². The van der Waals surface area contributed by atoms with Crippen molar-refractivity contribution in [2.45, 2.75) is 26.2 Å². The highest BCUT2D eigenvalue weighted by Gasteiger charge is 2.24. The van der Waals surface area contributed by atoms with Gasteiger partial charge < -0.3 is 16.0 Å². The van der Waals surface area contributed by atoms with Crippen molar-refractivity contribution in [3.8, 4) is 0 Å². The Morgan fingerprint density at radius 2 is 2.09 bits per heavy atom. The van der Waals surface area contributed by atoms with Crippen LogP contribution in [0, 0.1) is 0 Å². The zero-order valence-electron chi connectivity index (χ0n) is 13.6. The normalized spacial score (nSPS) is 12.3. The standard InChI is InChI=1S/C16H24N4O2.ClH/c1-3-18-16(22)20-10-8-12-6-7-13(11-14(12)20)19-15(21)5-4-9-17-2;/h6-7,11,17H,3-5,8-10H2,1-2H3,(H,18,22)(H,19,21);1H. The molecular formula is C16H25ClN4O2. The first kappa shape index (κ1) is 19.3. The van der Waals surface area contributed by atoms with Crippen molar-refractivity contribution in [3.63, 3.8) is 0 Å². The number of amides is 3. The van der Waals surface area contributed by atoms with Crippen LogP contribution < -0.4 is 20.9 Å². The van der Waals surface area contributed by atoms with Crippen molar-refractivity contribution in [2.75, 3.05) is 36.9 Å². The molecule has 0 aliphatic carbocycles. The van der Waals surface area contributed by atoms with Crippen molar-refractivity contribution >= 4 is 35.7 Å². The summed E-state index contributed by atoms with van der Waals surface area (Å²) < 4.78 is 0. The molecule has 0 saturated heterocycles. The van der Waals surface area contributed by atoms with Gasteiger partial charge in [0.15, 0.2) is 0 Å². The Kier molecular flexibility index (Phi) is 7.85. The number of nitrogens with one attached hydrogen (secondary N) is 3. The van der Waals surface area contributed by atoms with Crippen molar-refractivity contribution in [1.82, 2.24) is 10.6 Å². The Labute approximate surface area is 143 Å². The first-order valence-corrected chi connectivity index (χ1v) is 7.78. The molecule has 23 heavy (non-hydrogen) atoms. The average Bonchev–Trinajstić information content (AvgIpc) is 2.91. The van der Waals surface area contributed by atoms with E-state index in [0.29, 0.717) is 19.5 Å². The van der Waals surface area contributed by atoms with Crippen molar-refractivity contribution in [2.24, 2.45) is 0 Å². The number of halogens is 1. The largest absolute Gasteiger partial charge is 0.338 e. The molecule has 3 amide bonds. The van der Waals surface area contributed by atoms with Gasteiger partial charge in [-0.05, 0) is 51.1 Å². The summed E-state index contributed by atoms with van der Waals surface area (Å²) in [6.07, 6.45) is 2.14. The predicted molar refractivity (Wildman–Crippen MR) is 95.6 cm³/mol. The van der Waals surface area contributed by atoms with Crippen molar-refractivity contribution in [1.29, 1.82) is 0 Å². The lowest BCUT2D eigenvalue weighted by atomic mass is 10.1. The Hall–Kier alpha value is -1.79. The van der Waals surface area contributed by atoms with Crippen LogP contribution in [0.15, 0.2) is 18.2 Å². The number of hydrogen-bond acceptors (Lipinski definition) is 3. The molecule has 1 aliphatic rings. The van der Waals surface area contributed by atoms with Crippen LogP contribution >= 0.6 is 12.4 Å². The molecule has 6 nitrogen and oxygen atoms in total. The molecule has 3 N–H and O–H groups in total. The van der Waals surface area contributed by atoms with E-state index >= 15 is 0 Å². The van der Waals surface area contributed by atoms with Gasteiger partial charge in [-0.1, -0.05) is 6.07 Å². The Morgan fingerprint density at radius 3 is 2.78 bits per heavy atom. The van der Waals surface area contributed by atoms with E-state index in [4.69, 9.17) is 0 Å².